The van der Waals surface area contributed by atoms with Gasteiger partial charge < -0.3 is 4.42 Å². The molecule has 0 aliphatic rings. The Kier molecular flexibility index (Phi) is 4.78. The van der Waals surface area contributed by atoms with Gasteiger partial charge >= 0.3 is 0 Å². The quantitative estimate of drug-likeness (QED) is 0.325. The maximum Gasteiger partial charge on any atom is 0.145 e. The van der Waals surface area contributed by atoms with E-state index in [1.807, 2.05) is 36.4 Å². The summed E-state index contributed by atoms with van der Waals surface area (Å²) in [6.07, 6.45) is 1.74. The van der Waals surface area contributed by atoms with Crippen molar-refractivity contribution in [1.82, 2.24) is 0 Å². The number of furan rings is 1. The van der Waals surface area contributed by atoms with Gasteiger partial charge in [-0.25, -0.2) is 0 Å². The van der Waals surface area contributed by atoms with E-state index < -0.39 is 0 Å². The summed E-state index contributed by atoms with van der Waals surface area (Å²) in [6, 6.07) is 18.1. The van der Waals surface area contributed by atoms with E-state index in [9.17, 15) is 0 Å². The molecule has 2 aromatic carbocycles. The topological polar surface area (TPSA) is 25.5 Å². The monoisotopic (exact) mass is 465 g/mol. The normalized spacial score (nSPS) is 11.2. The van der Waals surface area contributed by atoms with Crippen molar-refractivity contribution in [2.24, 2.45) is 4.99 Å². The first-order valence-corrected chi connectivity index (χ1v) is 8.65. The third-order valence-electron chi connectivity index (χ3n) is 3.18. The predicted octanol–water partition coefficient (Wildman–Crippen LogP) is 6.37. The van der Waals surface area contributed by atoms with E-state index in [4.69, 9.17) is 4.42 Å². The van der Waals surface area contributed by atoms with Gasteiger partial charge in [0.25, 0.3) is 0 Å². The number of aliphatic imine (C=N–C) groups is 1. The van der Waals surface area contributed by atoms with Crippen LogP contribution in [-0.2, 0) is 0 Å². The molecule has 0 saturated carbocycles. The first-order valence-electron chi connectivity index (χ1n) is 6.78. The van der Waals surface area contributed by atoms with Crippen LogP contribution in [0.5, 0.6) is 0 Å². The number of benzene rings is 2. The minimum atomic E-state index is 0.737. The summed E-state index contributed by atoms with van der Waals surface area (Å²) >= 11 is 5.86. The Morgan fingerprint density at radius 3 is 2.55 bits per heavy atom. The summed E-state index contributed by atoms with van der Waals surface area (Å²) < 4.78 is 8.08. The van der Waals surface area contributed by atoms with Crippen LogP contribution in [0, 0.1) is 10.5 Å². The molecule has 1 heterocycles. The van der Waals surface area contributed by atoms with Crippen molar-refractivity contribution in [3.05, 3.63) is 74.0 Å². The van der Waals surface area contributed by atoms with E-state index in [-0.39, 0.29) is 0 Å². The summed E-state index contributed by atoms with van der Waals surface area (Å²) in [4.78, 5) is 4.43. The maximum absolute atomic E-state index is 5.86. The fourth-order valence-corrected chi connectivity index (χ4v) is 3.10. The molecule has 4 heteroatoms. The summed E-state index contributed by atoms with van der Waals surface area (Å²) in [7, 11) is 0. The number of hydrogen-bond acceptors (Lipinski definition) is 2. The first-order chi connectivity index (χ1) is 10.6. The Morgan fingerprint density at radius 1 is 1.05 bits per heavy atom. The van der Waals surface area contributed by atoms with Crippen LogP contribution in [0.15, 0.2) is 68.5 Å². The number of rotatable bonds is 3. The molecule has 3 aromatic rings. The Hall–Kier alpha value is -1.40. The lowest BCUT2D eigenvalue weighted by Crippen LogP contribution is -1.79. The first kappa shape index (κ1) is 15.5. The molecule has 0 aliphatic carbocycles. The van der Waals surface area contributed by atoms with Gasteiger partial charge in [-0.15, -0.1) is 0 Å². The zero-order chi connectivity index (χ0) is 15.5. The van der Waals surface area contributed by atoms with Crippen molar-refractivity contribution >= 4 is 50.4 Å². The Morgan fingerprint density at radius 2 is 1.82 bits per heavy atom. The molecule has 110 valence electrons. The number of nitrogens with zero attached hydrogens (tertiary/aromatic N) is 1. The molecular weight excluding hydrogens is 453 g/mol. The lowest BCUT2D eigenvalue weighted by atomic mass is 10.1. The fraction of sp³-hybridized carbons (Fsp3) is 0.0556. The van der Waals surface area contributed by atoms with Crippen LogP contribution in [-0.4, -0.2) is 6.21 Å². The van der Waals surface area contributed by atoms with Gasteiger partial charge in [-0.05, 0) is 83.6 Å². The summed E-state index contributed by atoms with van der Waals surface area (Å²) in [6.45, 7) is 2.07. The van der Waals surface area contributed by atoms with Gasteiger partial charge in [0.15, 0.2) is 0 Å². The largest absolute Gasteiger partial charge is 0.455 e. The Bertz CT molecular complexity index is 821. The van der Waals surface area contributed by atoms with Gasteiger partial charge in [-0.1, -0.05) is 22.0 Å². The number of aryl methyl sites for hydroxylation is 1. The van der Waals surface area contributed by atoms with Gasteiger partial charge in [-0.2, -0.15) is 0 Å². The highest BCUT2D eigenvalue weighted by atomic mass is 127. The average Bonchev–Trinajstić information content (AvgIpc) is 2.95. The number of halogens is 2. The molecule has 0 N–H and O–H groups in total. The van der Waals surface area contributed by atoms with E-state index in [0.29, 0.717) is 0 Å². The van der Waals surface area contributed by atoms with E-state index in [0.717, 1.165) is 27.2 Å². The van der Waals surface area contributed by atoms with Crippen molar-refractivity contribution < 1.29 is 4.42 Å². The van der Waals surface area contributed by atoms with Crippen LogP contribution < -0.4 is 0 Å². The number of hydrogen-bond donors (Lipinski definition) is 0. The van der Waals surface area contributed by atoms with Crippen LogP contribution in [0.3, 0.4) is 0 Å². The van der Waals surface area contributed by atoms with Crippen LogP contribution in [0.1, 0.15) is 11.3 Å². The zero-order valence-electron chi connectivity index (χ0n) is 11.9. The summed E-state index contributed by atoms with van der Waals surface area (Å²) in [5.74, 6) is 1.57. The molecular formula is C18H13BrINO. The average molecular weight is 466 g/mol. The third kappa shape index (κ3) is 3.67. The van der Waals surface area contributed by atoms with Crippen molar-refractivity contribution in [1.29, 1.82) is 0 Å². The highest BCUT2D eigenvalue weighted by molar-refractivity contribution is 14.1. The second kappa shape index (κ2) is 6.79. The minimum Gasteiger partial charge on any atom is -0.455 e. The Balaban J connectivity index is 1.83. The summed E-state index contributed by atoms with van der Waals surface area (Å²) in [5, 5.41) is 0. The van der Waals surface area contributed by atoms with Gasteiger partial charge in [-0.3, -0.25) is 4.99 Å². The van der Waals surface area contributed by atoms with E-state index in [2.05, 4.69) is 68.6 Å². The highest BCUT2D eigenvalue weighted by Gasteiger charge is 2.07. The summed E-state index contributed by atoms with van der Waals surface area (Å²) in [5.41, 5.74) is 3.16. The standard InChI is InChI=1S/C18H13BrINO/c1-12-2-8-16(17(19)10-12)18-9-7-15(22-18)11-21-14-5-3-13(20)4-6-14/h2-11H,1H3. The molecule has 22 heavy (non-hydrogen) atoms. The van der Waals surface area contributed by atoms with Crippen molar-refractivity contribution in [3.8, 4) is 11.3 Å². The smallest absolute Gasteiger partial charge is 0.145 e. The highest BCUT2D eigenvalue weighted by Crippen LogP contribution is 2.30. The molecule has 0 unspecified atom stereocenters. The second-order valence-corrected chi connectivity index (χ2v) is 7.02. The molecule has 0 radical (unpaired) electrons. The fourth-order valence-electron chi connectivity index (χ4n) is 2.05. The molecule has 0 saturated heterocycles. The molecule has 1 aromatic heterocycles. The molecule has 0 fully saturated rings. The van der Waals surface area contributed by atoms with Crippen molar-refractivity contribution in [3.63, 3.8) is 0 Å². The maximum atomic E-state index is 5.86. The van der Waals surface area contributed by atoms with Crippen LogP contribution >= 0.6 is 38.5 Å². The van der Waals surface area contributed by atoms with Gasteiger partial charge in [0.2, 0.25) is 0 Å². The van der Waals surface area contributed by atoms with Crippen LogP contribution in [0.4, 0.5) is 5.69 Å². The lowest BCUT2D eigenvalue weighted by molar-refractivity contribution is 0.575. The molecule has 0 aliphatic heterocycles. The van der Waals surface area contributed by atoms with Gasteiger partial charge in [0.05, 0.1) is 11.9 Å². The SMILES string of the molecule is Cc1ccc(-c2ccc(C=Nc3ccc(I)cc3)o2)c(Br)c1. The molecule has 0 bridgehead atoms. The van der Waals surface area contributed by atoms with Gasteiger partial charge in [0, 0.05) is 13.6 Å². The van der Waals surface area contributed by atoms with Crippen LogP contribution in [0.2, 0.25) is 0 Å². The van der Waals surface area contributed by atoms with E-state index in [1.54, 1.807) is 6.21 Å². The van der Waals surface area contributed by atoms with Crippen molar-refractivity contribution in [2.45, 2.75) is 6.92 Å². The van der Waals surface area contributed by atoms with Gasteiger partial charge in [0.1, 0.15) is 11.5 Å². The molecule has 2 nitrogen and oxygen atoms in total. The third-order valence-corrected chi connectivity index (χ3v) is 4.56. The van der Waals surface area contributed by atoms with E-state index in [1.165, 1.54) is 9.13 Å². The minimum absolute atomic E-state index is 0.737. The lowest BCUT2D eigenvalue weighted by Gasteiger charge is -2.01. The molecule has 0 spiro atoms. The second-order valence-electron chi connectivity index (χ2n) is 4.92. The molecule has 0 atom stereocenters. The molecule has 3 rings (SSSR count). The van der Waals surface area contributed by atoms with Crippen LogP contribution in [0.25, 0.3) is 11.3 Å². The van der Waals surface area contributed by atoms with Crippen molar-refractivity contribution in [2.75, 3.05) is 0 Å². The zero-order valence-corrected chi connectivity index (χ0v) is 15.6. The van der Waals surface area contributed by atoms with E-state index >= 15 is 0 Å². The Labute approximate surface area is 151 Å². The molecule has 0 amide bonds. The predicted molar refractivity (Wildman–Crippen MR) is 103 cm³/mol.